The highest BCUT2D eigenvalue weighted by atomic mass is 16.4. The molecular formula is C14H21N3O2. The second-order valence-corrected chi connectivity index (χ2v) is 4.42. The minimum absolute atomic E-state index is 0.00670. The molecule has 0 atom stereocenters. The Balaban J connectivity index is 2.50. The first kappa shape index (κ1) is 15.0. The Bertz CT molecular complexity index is 444. The monoisotopic (exact) mass is 263 g/mol. The summed E-state index contributed by atoms with van der Waals surface area (Å²) >= 11 is 0. The predicted molar refractivity (Wildman–Crippen MR) is 76.3 cm³/mol. The van der Waals surface area contributed by atoms with E-state index in [0.717, 1.165) is 25.7 Å². The van der Waals surface area contributed by atoms with E-state index in [-0.39, 0.29) is 11.7 Å². The van der Waals surface area contributed by atoms with Crippen molar-refractivity contribution in [3.8, 4) is 0 Å². The van der Waals surface area contributed by atoms with Crippen LogP contribution < -0.4 is 11.1 Å². The van der Waals surface area contributed by atoms with E-state index >= 15 is 0 Å². The summed E-state index contributed by atoms with van der Waals surface area (Å²) in [5, 5.41) is 14.3. The van der Waals surface area contributed by atoms with Gasteiger partial charge < -0.3 is 16.3 Å². The highest BCUT2D eigenvalue weighted by molar-refractivity contribution is 5.99. The Morgan fingerprint density at radius 2 is 2.16 bits per heavy atom. The average molecular weight is 263 g/mol. The van der Waals surface area contributed by atoms with Crippen LogP contribution in [0.25, 0.3) is 0 Å². The van der Waals surface area contributed by atoms with Gasteiger partial charge in [0.05, 0.1) is 0 Å². The zero-order valence-corrected chi connectivity index (χ0v) is 11.2. The Kier molecular flexibility index (Phi) is 6.43. The molecule has 5 nitrogen and oxygen atoms in total. The van der Waals surface area contributed by atoms with Gasteiger partial charge in [-0.2, -0.15) is 0 Å². The molecule has 1 aromatic rings. The second kappa shape index (κ2) is 8.13. The van der Waals surface area contributed by atoms with Crippen LogP contribution in [0.3, 0.4) is 0 Å². The number of hydrogen-bond donors (Lipinski definition) is 3. The van der Waals surface area contributed by atoms with Gasteiger partial charge in [-0.3, -0.25) is 4.79 Å². The van der Waals surface area contributed by atoms with Crippen molar-refractivity contribution in [1.29, 1.82) is 0 Å². The number of carbonyl (C=O) groups is 1. The summed E-state index contributed by atoms with van der Waals surface area (Å²) in [7, 11) is 0. The molecule has 0 fully saturated rings. The van der Waals surface area contributed by atoms with Crippen molar-refractivity contribution in [1.82, 2.24) is 0 Å². The Morgan fingerprint density at radius 1 is 1.37 bits per heavy atom. The number of amides is 1. The van der Waals surface area contributed by atoms with E-state index in [9.17, 15) is 4.79 Å². The molecule has 0 saturated heterocycles. The molecule has 5 heteroatoms. The molecule has 104 valence electrons. The van der Waals surface area contributed by atoms with Gasteiger partial charge >= 0.3 is 0 Å². The number of carbonyl (C=O) groups excluding carboxylic acids is 1. The Morgan fingerprint density at radius 3 is 2.84 bits per heavy atom. The first-order valence-electron chi connectivity index (χ1n) is 6.55. The van der Waals surface area contributed by atoms with E-state index in [0.29, 0.717) is 17.7 Å². The third kappa shape index (κ3) is 5.42. The number of nitrogens with zero attached hydrogens (tertiary/aromatic N) is 1. The lowest BCUT2D eigenvalue weighted by Gasteiger charge is -2.06. The van der Waals surface area contributed by atoms with Crippen LogP contribution in [0.5, 0.6) is 0 Å². The minimum Gasteiger partial charge on any atom is -0.409 e. The number of nitrogens with one attached hydrogen (secondary N) is 1. The molecule has 0 aromatic heterocycles. The molecule has 4 N–H and O–H groups in total. The third-order valence-corrected chi connectivity index (χ3v) is 2.81. The maximum atomic E-state index is 11.7. The fourth-order valence-electron chi connectivity index (χ4n) is 1.75. The molecule has 0 bridgehead atoms. The number of hydrogen-bond acceptors (Lipinski definition) is 3. The molecular weight excluding hydrogens is 242 g/mol. The lowest BCUT2D eigenvalue weighted by atomic mass is 10.1. The fraction of sp³-hybridized carbons (Fsp3) is 0.429. The van der Waals surface area contributed by atoms with E-state index in [2.05, 4.69) is 17.4 Å². The van der Waals surface area contributed by atoms with Gasteiger partial charge in [-0.05, 0) is 18.6 Å². The van der Waals surface area contributed by atoms with Crippen molar-refractivity contribution in [2.75, 3.05) is 5.32 Å². The van der Waals surface area contributed by atoms with Crippen molar-refractivity contribution in [2.45, 2.75) is 39.0 Å². The van der Waals surface area contributed by atoms with Gasteiger partial charge in [-0.1, -0.05) is 43.5 Å². The number of amidine groups is 1. The number of rotatable bonds is 7. The van der Waals surface area contributed by atoms with Gasteiger partial charge in [-0.15, -0.1) is 0 Å². The minimum atomic E-state index is -0.00670. The van der Waals surface area contributed by atoms with Crippen LogP contribution >= 0.6 is 0 Å². The topological polar surface area (TPSA) is 87.7 Å². The molecule has 0 unspecified atom stereocenters. The van der Waals surface area contributed by atoms with E-state index < -0.39 is 0 Å². The summed E-state index contributed by atoms with van der Waals surface area (Å²) in [6.45, 7) is 2.14. The predicted octanol–water partition coefficient (Wildman–Crippen LogP) is 2.69. The number of nitrogens with two attached hydrogens (primary N) is 1. The maximum absolute atomic E-state index is 11.7. The molecule has 0 radical (unpaired) electrons. The Labute approximate surface area is 113 Å². The lowest BCUT2D eigenvalue weighted by Crippen LogP contribution is -2.15. The summed E-state index contributed by atoms with van der Waals surface area (Å²) in [5.41, 5.74) is 6.73. The van der Waals surface area contributed by atoms with Gasteiger partial charge in [0.25, 0.3) is 0 Å². The van der Waals surface area contributed by atoms with Crippen LogP contribution in [0.1, 0.15) is 44.6 Å². The van der Waals surface area contributed by atoms with Gasteiger partial charge in [0.2, 0.25) is 5.91 Å². The molecule has 1 rings (SSSR count). The van der Waals surface area contributed by atoms with Crippen LogP contribution in [0, 0.1) is 0 Å². The van der Waals surface area contributed by atoms with Crippen LogP contribution in [-0.4, -0.2) is 17.0 Å². The molecule has 0 aliphatic heterocycles. The van der Waals surface area contributed by atoms with Gasteiger partial charge in [0, 0.05) is 17.7 Å². The number of benzene rings is 1. The third-order valence-electron chi connectivity index (χ3n) is 2.81. The smallest absolute Gasteiger partial charge is 0.224 e. The van der Waals surface area contributed by atoms with Crippen LogP contribution in [0.4, 0.5) is 5.69 Å². The van der Waals surface area contributed by atoms with Gasteiger partial charge in [0.1, 0.15) is 0 Å². The number of unbranched alkanes of at least 4 members (excludes halogenated alkanes) is 3. The maximum Gasteiger partial charge on any atom is 0.224 e. The lowest BCUT2D eigenvalue weighted by molar-refractivity contribution is -0.116. The molecule has 19 heavy (non-hydrogen) atoms. The largest absolute Gasteiger partial charge is 0.409 e. The molecule has 1 aromatic carbocycles. The molecule has 0 aliphatic rings. The highest BCUT2D eigenvalue weighted by Crippen LogP contribution is 2.12. The summed E-state index contributed by atoms with van der Waals surface area (Å²) < 4.78 is 0. The summed E-state index contributed by atoms with van der Waals surface area (Å²) in [6.07, 6.45) is 4.82. The van der Waals surface area contributed by atoms with Crippen molar-refractivity contribution >= 4 is 17.4 Å². The molecule has 0 saturated carbocycles. The SMILES string of the molecule is CCCCCCC(=O)Nc1cccc(/C(N)=N/O)c1. The average Bonchev–Trinajstić information content (AvgIpc) is 2.43. The van der Waals surface area contributed by atoms with Crippen LogP contribution in [0.2, 0.25) is 0 Å². The second-order valence-electron chi connectivity index (χ2n) is 4.42. The summed E-state index contributed by atoms with van der Waals surface area (Å²) in [4.78, 5) is 11.7. The first-order chi connectivity index (χ1) is 9.17. The van der Waals surface area contributed by atoms with Crippen LogP contribution in [0.15, 0.2) is 29.4 Å². The fourth-order valence-corrected chi connectivity index (χ4v) is 1.75. The van der Waals surface area contributed by atoms with Crippen molar-refractivity contribution < 1.29 is 10.0 Å². The van der Waals surface area contributed by atoms with Crippen molar-refractivity contribution in [2.24, 2.45) is 10.9 Å². The molecule has 0 heterocycles. The Hall–Kier alpha value is -2.04. The molecule has 0 spiro atoms. The standard InChI is InChI=1S/C14H21N3O2/c1-2-3-4-5-9-13(18)16-12-8-6-7-11(10-12)14(15)17-19/h6-8,10,19H,2-5,9H2,1H3,(H2,15,17)(H,16,18). The van der Waals surface area contributed by atoms with E-state index in [1.165, 1.54) is 0 Å². The zero-order valence-electron chi connectivity index (χ0n) is 11.2. The van der Waals surface area contributed by atoms with Crippen molar-refractivity contribution in [3.63, 3.8) is 0 Å². The van der Waals surface area contributed by atoms with E-state index in [4.69, 9.17) is 10.9 Å². The van der Waals surface area contributed by atoms with Gasteiger partial charge in [0.15, 0.2) is 5.84 Å². The molecule has 1 amide bonds. The van der Waals surface area contributed by atoms with Crippen molar-refractivity contribution in [3.05, 3.63) is 29.8 Å². The van der Waals surface area contributed by atoms with E-state index in [1.54, 1.807) is 24.3 Å². The van der Waals surface area contributed by atoms with Gasteiger partial charge in [-0.25, -0.2) is 0 Å². The summed E-state index contributed by atoms with van der Waals surface area (Å²) in [6, 6.07) is 6.92. The zero-order chi connectivity index (χ0) is 14.1. The van der Waals surface area contributed by atoms with E-state index in [1.807, 2.05) is 0 Å². The first-order valence-corrected chi connectivity index (χ1v) is 6.55. The quantitative estimate of drug-likeness (QED) is 0.232. The number of oxime groups is 1. The van der Waals surface area contributed by atoms with Crippen LogP contribution in [-0.2, 0) is 4.79 Å². The highest BCUT2D eigenvalue weighted by Gasteiger charge is 2.04. The number of anilines is 1. The molecule has 0 aliphatic carbocycles. The summed E-state index contributed by atoms with van der Waals surface area (Å²) in [5.74, 6) is 0.0202. The normalized spacial score (nSPS) is 11.3.